The Morgan fingerprint density at radius 3 is 2.28 bits per heavy atom. The molecule has 182 valence electrons. The van der Waals surface area contributed by atoms with Crippen LogP contribution in [0.15, 0.2) is 30.3 Å². The van der Waals surface area contributed by atoms with Crippen LogP contribution in [-0.4, -0.2) is 64.0 Å². The lowest BCUT2D eigenvalue weighted by molar-refractivity contribution is -0.173. The summed E-state index contributed by atoms with van der Waals surface area (Å²) in [5.74, 6) is 0.108. The third kappa shape index (κ3) is 5.63. The van der Waals surface area contributed by atoms with Gasteiger partial charge in [0, 0.05) is 18.9 Å². The number of hydrogen-bond acceptors (Lipinski definition) is 6. The molecular formula is C25H42O6Si. The standard InChI is InChI=1S/C25H42O6Si/c1-16(20-19(14-26)29-20)21(28-15-18-12-10-9-11-13-18)23-22(17(2)24(27-6)30-23)31-32(7,8)25(3,4)5/h9-13,16-17,19-24,26H,14-15H2,1-8H3/t16-,17-,19-,20-,21+,22-,23+,24?/m1/s1. The molecule has 1 aromatic carbocycles. The second-order valence-electron chi connectivity index (χ2n) is 10.8. The predicted octanol–water partition coefficient (Wildman–Crippen LogP) is 4.37. The summed E-state index contributed by atoms with van der Waals surface area (Å²) in [7, 11) is -0.375. The van der Waals surface area contributed by atoms with E-state index in [9.17, 15) is 5.11 Å². The second kappa shape index (κ2) is 10.2. The van der Waals surface area contributed by atoms with Gasteiger partial charge in [-0.1, -0.05) is 65.0 Å². The summed E-state index contributed by atoms with van der Waals surface area (Å²) < 4.78 is 31.3. The Labute approximate surface area is 194 Å². The molecule has 3 rings (SSSR count). The van der Waals surface area contributed by atoms with Crippen LogP contribution in [-0.2, 0) is 30.0 Å². The molecule has 0 aliphatic carbocycles. The van der Waals surface area contributed by atoms with E-state index in [1.807, 2.05) is 18.2 Å². The van der Waals surface area contributed by atoms with E-state index in [-0.39, 0.29) is 60.3 Å². The molecule has 2 aliphatic rings. The summed E-state index contributed by atoms with van der Waals surface area (Å²) in [6, 6.07) is 10.2. The largest absolute Gasteiger partial charge is 0.411 e. The maximum absolute atomic E-state index is 9.56. The number of ether oxygens (including phenoxy) is 4. The summed E-state index contributed by atoms with van der Waals surface area (Å²) >= 11 is 0. The minimum atomic E-state index is -2.06. The molecule has 0 saturated carbocycles. The van der Waals surface area contributed by atoms with Crippen molar-refractivity contribution in [3.8, 4) is 0 Å². The number of rotatable bonds is 10. The van der Waals surface area contributed by atoms with Gasteiger partial charge in [0.25, 0.3) is 0 Å². The van der Waals surface area contributed by atoms with E-state index in [4.69, 9.17) is 23.4 Å². The van der Waals surface area contributed by atoms with Crippen LogP contribution >= 0.6 is 0 Å². The molecule has 0 aromatic heterocycles. The fourth-order valence-electron chi connectivity index (χ4n) is 4.30. The molecule has 8 atom stereocenters. The predicted molar refractivity (Wildman–Crippen MR) is 127 cm³/mol. The van der Waals surface area contributed by atoms with Gasteiger partial charge in [-0.3, -0.25) is 0 Å². The first kappa shape index (κ1) is 25.8. The summed E-state index contributed by atoms with van der Waals surface area (Å²) in [6.07, 6.45) is -1.21. The van der Waals surface area contributed by atoms with Crippen molar-refractivity contribution in [3.63, 3.8) is 0 Å². The second-order valence-corrected chi connectivity index (χ2v) is 15.6. The normalized spacial score (nSPS) is 32.7. The molecule has 32 heavy (non-hydrogen) atoms. The third-order valence-corrected chi connectivity index (χ3v) is 12.0. The molecule has 2 heterocycles. The van der Waals surface area contributed by atoms with E-state index in [1.165, 1.54) is 0 Å². The molecule has 0 bridgehead atoms. The molecule has 2 aliphatic heterocycles. The van der Waals surface area contributed by atoms with Crippen LogP contribution in [0.1, 0.15) is 40.2 Å². The fourth-order valence-corrected chi connectivity index (χ4v) is 5.68. The van der Waals surface area contributed by atoms with Gasteiger partial charge >= 0.3 is 0 Å². The summed E-state index contributed by atoms with van der Waals surface area (Å²) in [6.45, 7) is 16.0. The van der Waals surface area contributed by atoms with Crippen molar-refractivity contribution in [2.75, 3.05) is 13.7 Å². The number of hydrogen-bond donors (Lipinski definition) is 1. The van der Waals surface area contributed by atoms with Crippen molar-refractivity contribution >= 4 is 8.32 Å². The fraction of sp³-hybridized carbons (Fsp3) is 0.760. The summed E-state index contributed by atoms with van der Waals surface area (Å²) in [4.78, 5) is 0. The lowest BCUT2D eigenvalue weighted by atomic mass is 9.89. The van der Waals surface area contributed by atoms with Crippen molar-refractivity contribution < 1.29 is 28.5 Å². The van der Waals surface area contributed by atoms with E-state index in [0.717, 1.165) is 5.56 Å². The maximum Gasteiger partial charge on any atom is 0.192 e. The zero-order valence-corrected chi connectivity index (χ0v) is 21.9. The first-order valence-corrected chi connectivity index (χ1v) is 14.7. The average molecular weight is 467 g/mol. The van der Waals surface area contributed by atoms with Gasteiger partial charge in [0.05, 0.1) is 31.5 Å². The number of methoxy groups -OCH3 is 1. The molecular weight excluding hydrogens is 424 g/mol. The Balaban J connectivity index is 1.86. The van der Waals surface area contributed by atoms with Crippen LogP contribution < -0.4 is 0 Å². The molecule has 6 nitrogen and oxygen atoms in total. The molecule has 0 spiro atoms. The van der Waals surface area contributed by atoms with E-state index in [1.54, 1.807) is 7.11 Å². The van der Waals surface area contributed by atoms with Crippen molar-refractivity contribution in [2.24, 2.45) is 11.8 Å². The molecule has 1 N–H and O–H groups in total. The van der Waals surface area contributed by atoms with Gasteiger partial charge in [0.2, 0.25) is 0 Å². The van der Waals surface area contributed by atoms with Crippen molar-refractivity contribution in [1.82, 2.24) is 0 Å². The first-order chi connectivity index (χ1) is 15.0. The van der Waals surface area contributed by atoms with E-state index < -0.39 is 8.32 Å². The van der Waals surface area contributed by atoms with E-state index in [0.29, 0.717) is 6.61 Å². The van der Waals surface area contributed by atoms with Crippen LogP contribution in [0, 0.1) is 11.8 Å². The van der Waals surface area contributed by atoms with Crippen molar-refractivity contribution in [3.05, 3.63) is 35.9 Å². The van der Waals surface area contributed by atoms with Gasteiger partial charge in [-0.05, 0) is 23.7 Å². The highest BCUT2D eigenvalue weighted by atomic mass is 28.4. The van der Waals surface area contributed by atoms with Gasteiger partial charge < -0.3 is 28.5 Å². The van der Waals surface area contributed by atoms with Crippen LogP contribution in [0.5, 0.6) is 0 Å². The monoisotopic (exact) mass is 466 g/mol. The van der Waals surface area contributed by atoms with Gasteiger partial charge in [-0.15, -0.1) is 0 Å². The number of benzene rings is 1. The number of epoxide rings is 1. The molecule has 1 unspecified atom stereocenters. The topological polar surface area (TPSA) is 69.7 Å². The maximum atomic E-state index is 9.56. The average Bonchev–Trinajstić information content (AvgIpc) is 3.48. The minimum Gasteiger partial charge on any atom is -0.411 e. The molecule has 0 amide bonds. The highest BCUT2D eigenvalue weighted by Gasteiger charge is 2.55. The van der Waals surface area contributed by atoms with Gasteiger partial charge in [-0.25, -0.2) is 0 Å². The van der Waals surface area contributed by atoms with Crippen LogP contribution in [0.3, 0.4) is 0 Å². The third-order valence-electron chi connectivity index (χ3n) is 7.48. The smallest absolute Gasteiger partial charge is 0.192 e. The number of aliphatic hydroxyl groups is 1. The van der Waals surface area contributed by atoms with Gasteiger partial charge in [0.1, 0.15) is 12.2 Å². The zero-order chi connectivity index (χ0) is 23.7. The highest BCUT2D eigenvalue weighted by Crippen LogP contribution is 2.44. The lowest BCUT2D eigenvalue weighted by Crippen LogP contribution is -2.51. The minimum absolute atomic E-state index is 0.0208. The van der Waals surface area contributed by atoms with E-state index in [2.05, 4.69) is 59.8 Å². The van der Waals surface area contributed by atoms with Crippen LogP contribution in [0.25, 0.3) is 0 Å². The SMILES string of the molecule is COC1O[C@@H]([C@@H](OCc2ccccc2)[C@H](C)[C@H]2O[C@@H]2CO)[C@H](O[Si](C)(C)C(C)(C)C)[C@H]1C. The Morgan fingerprint density at radius 2 is 1.75 bits per heavy atom. The summed E-state index contributed by atoms with van der Waals surface area (Å²) in [5, 5.41) is 9.64. The first-order valence-electron chi connectivity index (χ1n) is 11.8. The van der Waals surface area contributed by atoms with Crippen LogP contribution in [0.2, 0.25) is 18.1 Å². The Bertz CT molecular complexity index is 721. The molecule has 2 fully saturated rings. The van der Waals surface area contributed by atoms with Crippen molar-refractivity contribution in [1.29, 1.82) is 0 Å². The van der Waals surface area contributed by atoms with E-state index >= 15 is 0 Å². The Morgan fingerprint density at radius 1 is 1.09 bits per heavy atom. The van der Waals surface area contributed by atoms with Gasteiger partial charge in [-0.2, -0.15) is 0 Å². The van der Waals surface area contributed by atoms with Gasteiger partial charge in [0.15, 0.2) is 14.6 Å². The molecule has 2 saturated heterocycles. The zero-order valence-electron chi connectivity index (χ0n) is 20.9. The highest BCUT2D eigenvalue weighted by molar-refractivity contribution is 6.74. The molecule has 7 heteroatoms. The molecule has 1 aromatic rings. The molecule has 0 radical (unpaired) electrons. The quantitative estimate of drug-likeness (QED) is 0.408. The number of aliphatic hydroxyl groups excluding tert-OH is 1. The Hall–Kier alpha value is -0.803. The Kier molecular flexibility index (Phi) is 8.24. The van der Waals surface area contributed by atoms with Crippen LogP contribution in [0.4, 0.5) is 0 Å². The van der Waals surface area contributed by atoms with Crippen molar-refractivity contribution in [2.45, 2.75) is 96.2 Å². The lowest BCUT2D eigenvalue weighted by Gasteiger charge is -2.42. The summed E-state index contributed by atoms with van der Waals surface area (Å²) in [5.41, 5.74) is 1.11.